The molecular weight excluding hydrogens is 393 g/mol. The van der Waals surface area contributed by atoms with E-state index in [1.165, 1.54) is 5.56 Å². The van der Waals surface area contributed by atoms with E-state index in [1.807, 2.05) is 23.1 Å². The van der Waals surface area contributed by atoms with Crippen LogP contribution in [0.1, 0.15) is 48.2 Å². The summed E-state index contributed by atoms with van der Waals surface area (Å²) in [5, 5.41) is 1.13. The summed E-state index contributed by atoms with van der Waals surface area (Å²) in [7, 11) is 0. The number of hydrogen-bond donors (Lipinski definition) is 1. The number of fused-ring (bicyclic) bond motifs is 1. The van der Waals surface area contributed by atoms with Crippen molar-refractivity contribution in [2.24, 2.45) is 5.92 Å². The van der Waals surface area contributed by atoms with E-state index in [4.69, 9.17) is 28.2 Å². The standard InChI is InChI=1S/C22H21Cl2N3O/c1-12-7-8-17-18(10-12)26-21(25-17)19-6-3-9-27(19)22(28)15-11-14(15)13-4-2-5-16(23)20(13)24/h2,4-5,7-8,10,14-15,19H,3,6,9,11H2,1H3,(H,25,26). The van der Waals surface area contributed by atoms with E-state index < -0.39 is 0 Å². The van der Waals surface area contributed by atoms with Crippen LogP contribution in [0.25, 0.3) is 11.0 Å². The summed E-state index contributed by atoms with van der Waals surface area (Å²) in [6, 6.07) is 11.9. The van der Waals surface area contributed by atoms with Gasteiger partial charge in [-0.1, -0.05) is 41.4 Å². The summed E-state index contributed by atoms with van der Waals surface area (Å²) in [6.45, 7) is 2.85. The maximum Gasteiger partial charge on any atom is 0.226 e. The molecule has 1 aliphatic heterocycles. The minimum atomic E-state index is -0.0109. The molecule has 0 bridgehead atoms. The lowest BCUT2D eigenvalue weighted by Crippen LogP contribution is -2.32. The summed E-state index contributed by atoms with van der Waals surface area (Å²) >= 11 is 12.5. The molecule has 1 aromatic heterocycles. The highest BCUT2D eigenvalue weighted by Crippen LogP contribution is 2.52. The highest BCUT2D eigenvalue weighted by Gasteiger charge is 2.49. The van der Waals surface area contributed by atoms with E-state index in [1.54, 1.807) is 6.07 Å². The summed E-state index contributed by atoms with van der Waals surface area (Å²) in [4.78, 5) is 23.5. The Morgan fingerprint density at radius 2 is 2.11 bits per heavy atom. The van der Waals surface area contributed by atoms with Crippen LogP contribution >= 0.6 is 23.2 Å². The van der Waals surface area contributed by atoms with Crippen LogP contribution in [-0.2, 0) is 4.79 Å². The largest absolute Gasteiger partial charge is 0.340 e. The lowest BCUT2D eigenvalue weighted by molar-refractivity contribution is -0.133. The number of imidazole rings is 1. The monoisotopic (exact) mass is 413 g/mol. The molecule has 2 fully saturated rings. The van der Waals surface area contributed by atoms with Gasteiger partial charge in [-0.25, -0.2) is 4.98 Å². The summed E-state index contributed by atoms with van der Waals surface area (Å²) in [5.41, 5.74) is 4.17. The number of aromatic nitrogens is 2. The molecule has 4 nitrogen and oxygen atoms in total. The Morgan fingerprint density at radius 1 is 1.25 bits per heavy atom. The Balaban J connectivity index is 1.38. The minimum Gasteiger partial charge on any atom is -0.340 e. The average molecular weight is 414 g/mol. The molecular formula is C22H21Cl2N3O. The molecule has 6 heteroatoms. The summed E-state index contributed by atoms with van der Waals surface area (Å²) in [5.74, 6) is 1.26. The molecule has 0 radical (unpaired) electrons. The molecule has 2 aromatic carbocycles. The van der Waals surface area contributed by atoms with Crippen molar-refractivity contribution in [1.29, 1.82) is 0 Å². The van der Waals surface area contributed by atoms with Gasteiger partial charge in [-0.2, -0.15) is 0 Å². The van der Waals surface area contributed by atoms with Crippen molar-refractivity contribution in [2.45, 2.75) is 38.1 Å². The Morgan fingerprint density at radius 3 is 2.96 bits per heavy atom. The van der Waals surface area contributed by atoms with Gasteiger partial charge in [0.05, 0.1) is 27.1 Å². The fraction of sp³-hybridized carbons (Fsp3) is 0.364. The van der Waals surface area contributed by atoms with Gasteiger partial charge in [-0.05, 0) is 61.4 Å². The lowest BCUT2D eigenvalue weighted by Gasteiger charge is -2.23. The van der Waals surface area contributed by atoms with Gasteiger partial charge >= 0.3 is 0 Å². The number of likely N-dealkylation sites (tertiary alicyclic amines) is 1. The third kappa shape index (κ3) is 2.99. The molecule has 2 heterocycles. The summed E-state index contributed by atoms with van der Waals surface area (Å²) < 4.78 is 0. The van der Waals surface area contributed by atoms with Crippen molar-refractivity contribution in [1.82, 2.24) is 14.9 Å². The van der Waals surface area contributed by atoms with Gasteiger partial charge in [0, 0.05) is 12.5 Å². The zero-order valence-electron chi connectivity index (χ0n) is 15.6. The van der Waals surface area contributed by atoms with Crippen LogP contribution in [0.5, 0.6) is 0 Å². The molecule has 2 aliphatic rings. The number of carbonyl (C=O) groups is 1. The van der Waals surface area contributed by atoms with Crippen molar-refractivity contribution >= 4 is 40.1 Å². The Labute approximate surface area is 173 Å². The smallest absolute Gasteiger partial charge is 0.226 e. The number of benzene rings is 2. The molecule has 1 saturated carbocycles. The number of carbonyl (C=O) groups excluding carboxylic acids is 1. The van der Waals surface area contributed by atoms with Crippen molar-refractivity contribution in [3.05, 3.63) is 63.4 Å². The molecule has 3 atom stereocenters. The van der Waals surface area contributed by atoms with Gasteiger partial charge in [0.25, 0.3) is 0 Å². The second-order valence-electron chi connectivity index (χ2n) is 7.92. The predicted octanol–water partition coefficient (Wildman–Crippen LogP) is 5.65. The van der Waals surface area contributed by atoms with Gasteiger partial charge in [-0.15, -0.1) is 0 Å². The fourth-order valence-electron chi connectivity index (χ4n) is 4.45. The molecule has 0 spiro atoms. The number of rotatable bonds is 3. The Bertz CT molecular complexity index is 1080. The first-order chi connectivity index (χ1) is 13.5. The highest BCUT2D eigenvalue weighted by atomic mass is 35.5. The molecule has 144 valence electrons. The maximum absolute atomic E-state index is 13.2. The van der Waals surface area contributed by atoms with Crippen molar-refractivity contribution < 1.29 is 4.79 Å². The van der Waals surface area contributed by atoms with Gasteiger partial charge in [0.2, 0.25) is 5.91 Å². The number of H-pyrrole nitrogens is 1. The van der Waals surface area contributed by atoms with Crippen LogP contribution < -0.4 is 0 Å². The lowest BCUT2D eigenvalue weighted by atomic mass is 10.1. The first kappa shape index (κ1) is 18.0. The van der Waals surface area contributed by atoms with E-state index in [9.17, 15) is 4.79 Å². The third-order valence-electron chi connectivity index (χ3n) is 6.00. The van der Waals surface area contributed by atoms with Gasteiger partial charge in [0.1, 0.15) is 5.82 Å². The minimum absolute atomic E-state index is 0.0109. The zero-order chi connectivity index (χ0) is 19.4. The van der Waals surface area contributed by atoms with Crippen LogP contribution in [0.2, 0.25) is 10.0 Å². The van der Waals surface area contributed by atoms with Gasteiger partial charge in [-0.3, -0.25) is 4.79 Å². The zero-order valence-corrected chi connectivity index (χ0v) is 17.1. The van der Waals surface area contributed by atoms with Crippen molar-refractivity contribution in [3.8, 4) is 0 Å². The average Bonchev–Trinajstić information content (AvgIpc) is 3.11. The molecule has 1 N–H and O–H groups in total. The molecule has 1 amide bonds. The summed E-state index contributed by atoms with van der Waals surface area (Å²) in [6.07, 6.45) is 2.78. The molecule has 28 heavy (non-hydrogen) atoms. The van der Waals surface area contributed by atoms with E-state index in [2.05, 4.69) is 24.0 Å². The molecule has 3 unspecified atom stereocenters. The Kier molecular flexibility index (Phi) is 4.37. The number of nitrogens with one attached hydrogen (secondary N) is 1. The van der Waals surface area contributed by atoms with E-state index in [0.717, 1.165) is 48.2 Å². The first-order valence-corrected chi connectivity index (χ1v) is 10.5. The molecule has 3 aromatic rings. The van der Waals surface area contributed by atoms with E-state index in [0.29, 0.717) is 10.0 Å². The molecule has 1 saturated heterocycles. The number of aromatic amines is 1. The SMILES string of the molecule is Cc1ccc2nc(C3CCCN3C(=O)C3CC3c3cccc(Cl)c3Cl)[nH]c2c1. The van der Waals surface area contributed by atoms with Gasteiger partial charge < -0.3 is 9.88 Å². The van der Waals surface area contributed by atoms with E-state index >= 15 is 0 Å². The van der Waals surface area contributed by atoms with Crippen LogP contribution in [-0.4, -0.2) is 27.3 Å². The second kappa shape index (κ2) is 6.78. The number of amides is 1. The fourth-order valence-corrected chi connectivity index (χ4v) is 4.90. The Hall–Kier alpha value is -2.04. The maximum atomic E-state index is 13.2. The van der Waals surface area contributed by atoms with Crippen molar-refractivity contribution in [3.63, 3.8) is 0 Å². The van der Waals surface area contributed by atoms with Crippen LogP contribution in [0, 0.1) is 12.8 Å². The number of nitrogens with zero attached hydrogens (tertiary/aromatic N) is 2. The number of aryl methyl sites for hydroxylation is 1. The predicted molar refractivity (Wildman–Crippen MR) is 112 cm³/mol. The quantitative estimate of drug-likeness (QED) is 0.603. The third-order valence-corrected chi connectivity index (χ3v) is 6.83. The van der Waals surface area contributed by atoms with Crippen molar-refractivity contribution in [2.75, 3.05) is 6.54 Å². The van der Waals surface area contributed by atoms with E-state index in [-0.39, 0.29) is 23.8 Å². The highest BCUT2D eigenvalue weighted by molar-refractivity contribution is 6.42. The molecule has 5 rings (SSSR count). The molecule has 1 aliphatic carbocycles. The number of halogens is 2. The van der Waals surface area contributed by atoms with Crippen LogP contribution in [0.3, 0.4) is 0 Å². The van der Waals surface area contributed by atoms with Crippen LogP contribution in [0.15, 0.2) is 36.4 Å². The normalized spacial score (nSPS) is 24.1. The van der Waals surface area contributed by atoms with Crippen LogP contribution in [0.4, 0.5) is 0 Å². The number of hydrogen-bond acceptors (Lipinski definition) is 2. The van der Waals surface area contributed by atoms with Gasteiger partial charge in [0.15, 0.2) is 0 Å². The topological polar surface area (TPSA) is 49.0 Å². The second-order valence-corrected chi connectivity index (χ2v) is 8.71. The first-order valence-electron chi connectivity index (χ1n) is 9.73.